The van der Waals surface area contributed by atoms with Crippen molar-refractivity contribution in [3.8, 4) is 0 Å². The summed E-state index contributed by atoms with van der Waals surface area (Å²) >= 11 is 1.30. The molecule has 1 aromatic rings. The first kappa shape index (κ1) is 15.6. The lowest BCUT2D eigenvalue weighted by Gasteiger charge is -2.24. The third-order valence-electron chi connectivity index (χ3n) is 2.52. The predicted octanol–water partition coefficient (Wildman–Crippen LogP) is 0.212. The highest BCUT2D eigenvalue weighted by atomic mass is 32.1. The van der Waals surface area contributed by atoms with Crippen molar-refractivity contribution >= 4 is 23.2 Å². The lowest BCUT2D eigenvalue weighted by molar-refractivity contribution is -0.123. The zero-order valence-electron chi connectivity index (χ0n) is 11.0. The van der Waals surface area contributed by atoms with E-state index in [2.05, 4.69) is 10.9 Å². The minimum atomic E-state index is -0.332. The van der Waals surface area contributed by atoms with Crippen LogP contribution in [-0.4, -0.2) is 47.6 Å². The van der Waals surface area contributed by atoms with Crippen LogP contribution in [0.1, 0.15) is 23.5 Å². The second-order valence-electron chi connectivity index (χ2n) is 4.27. The molecular formula is C12H19N3O3S. The van der Waals surface area contributed by atoms with Gasteiger partial charge in [-0.3, -0.25) is 25.3 Å². The van der Waals surface area contributed by atoms with E-state index in [-0.39, 0.29) is 31.0 Å². The number of amides is 2. The molecule has 1 heterocycles. The third-order valence-corrected chi connectivity index (χ3v) is 3.39. The molecule has 3 N–H and O–H groups in total. The van der Waals surface area contributed by atoms with Gasteiger partial charge in [0.1, 0.15) is 0 Å². The van der Waals surface area contributed by atoms with Gasteiger partial charge in [-0.1, -0.05) is 6.07 Å². The van der Waals surface area contributed by atoms with Gasteiger partial charge in [0.05, 0.1) is 18.0 Å². The second-order valence-corrected chi connectivity index (χ2v) is 5.22. The van der Waals surface area contributed by atoms with Gasteiger partial charge in [-0.15, -0.1) is 11.3 Å². The van der Waals surface area contributed by atoms with E-state index in [1.165, 1.54) is 11.3 Å². The summed E-state index contributed by atoms with van der Waals surface area (Å²) in [6.45, 7) is 4.42. The second kappa shape index (κ2) is 7.88. The topological polar surface area (TPSA) is 81.7 Å². The fraction of sp³-hybridized carbons (Fsp3) is 0.500. The van der Waals surface area contributed by atoms with E-state index in [0.717, 1.165) is 0 Å². The van der Waals surface area contributed by atoms with Crippen LogP contribution >= 0.6 is 11.3 Å². The molecule has 2 amide bonds. The number of nitrogens with one attached hydrogen (secondary N) is 2. The molecule has 0 aliphatic rings. The minimum absolute atomic E-state index is 0.00693. The van der Waals surface area contributed by atoms with Gasteiger partial charge in [-0.25, -0.2) is 0 Å². The maximum Gasteiger partial charge on any atom is 0.279 e. The molecule has 0 bridgehead atoms. The molecule has 1 rings (SSSR count). The molecule has 6 nitrogen and oxygen atoms in total. The largest absolute Gasteiger partial charge is 0.395 e. The lowest BCUT2D eigenvalue weighted by atomic mass is 10.3. The summed E-state index contributed by atoms with van der Waals surface area (Å²) in [6, 6.07) is 3.59. The van der Waals surface area contributed by atoms with Crippen LogP contribution in [-0.2, 0) is 4.79 Å². The minimum Gasteiger partial charge on any atom is -0.395 e. The molecule has 0 spiro atoms. The third kappa shape index (κ3) is 5.37. The Balaban J connectivity index is 2.36. The van der Waals surface area contributed by atoms with E-state index in [1.54, 1.807) is 17.5 Å². The summed E-state index contributed by atoms with van der Waals surface area (Å²) in [5, 5.41) is 10.7. The normalized spacial score (nSPS) is 10.8. The molecule has 0 aliphatic carbocycles. The Morgan fingerprint density at radius 2 is 2.16 bits per heavy atom. The van der Waals surface area contributed by atoms with Gasteiger partial charge in [-0.2, -0.15) is 0 Å². The summed E-state index contributed by atoms with van der Waals surface area (Å²) in [6.07, 6.45) is 0. The molecule has 19 heavy (non-hydrogen) atoms. The van der Waals surface area contributed by atoms with Crippen molar-refractivity contribution in [1.82, 2.24) is 15.8 Å². The van der Waals surface area contributed by atoms with Crippen molar-refractivity contribution in [2.24, 2.45) is 0 Å². The predicted molar refractivity (Wildman–Crippen MR) is 73.7 cm³/mol. The molecule has 1 aromatic heterocycles. The number of hydrazine groups is 1. The Morgan fingerprint density at radius 3 is 2.68 bits per heavy atom. The van der Waals surface area contributed by atoms with Crippen molar-refractivity contribution in [2.75, 3.05) is 19.7 Å². The average molecular weight is 285 g/mol. The maximum atomic E-state index is 11.7. The number of hydrogen-bond acceptors (Lipinski definition) is 5. The molecule has 0 saturated heterocycles. The summed E-state index contributed by atoms with van der Waals surface area (Å²) in [5.41, 5.74) is 4.71. The van der Waals surface area contributed by atoms with Gasteiger partial charge in [-0.05, 0) is 25.3 Å². The van der Waals surface area contributed by atoms with Crippen molar-refractivity contribution in [3.05, 3.63) is 22.4 Å². The van der Waals surface area contributed by atoms with Crippen LogP contribution in [0, 0.1) is 0 Å². The van der Waals surface area contributed by atoms with Crippen LogP contribution in [0.2, 0.25) is 0 Å². The summed E-state index contributed by atoms with van der Waals surface area (Å²) < 4.78 is 0. The zero-order valence-corrected chi connectivity index (χ0v) is 11.9. The van der Waals surface area contributed by atoms with E-state index in [1.807, 2.05) is 18.7 Å². The van der Waals surface area contributed by atoms with Crippen molar-refractivity contribution in [2.45, 2.75) is 19.9 Å². The highest BCUT2D eigenvalue weighted by Crippen LogP contribution is 2.07. The van der Waals surface area contributed by atoms with Crippen LogP contribution in [0.4, 0.5) is 0 Å². The summed E-state index contributed by atoms with van der Waals surface area (Å²) in [5.74, 6) is -0.645. The number of nitrogens with zero attached hydrogens (tertiary/aromatic N) is 1. The van der Waals surface area contributed by atoms with Crippen molar-refractivity contribution in [3.63, 3.8) is 0 Å². The summed E-state index contributed by atoms with van der Waals surface area (Å²) in [4.78, 5) is 25.6. The number of rotatable bonds is 6. The van der Waals surface area contributed by atoms with E-state index in [4.69, 9.17) is 5.11 Å². The Kier molecular flexibility index (Phi) is 6.48. The number of aliphatic hydroxyl groups is 1. The molecule has 0 unspecified atom stereocenters. The molecule has 106 valence electrons. The summed E-state index contributed by atoms with van der Waals surface area (Å²) in [7, 11) is 0. The van der Waals surface area contributed by atoms with E-state index >= 15 is 0 Å². The van der Waals surface area contributed by atoms with Gasteiger partial charge in [0.2, 0.25) is 0 Å². The van der Waals surface area contributed by atoms with Gasteiger partial charge in [0.25, 0.3) is 11.8 Å². The molecule has 7 heteroatoms. The Hall–Kier alpha value is -1.44. The number of carbonyl (C=O) groups is 2. The van der Waals surface area contributed by atoms with Gasteiger partial charge in [0, 0.05) is 12.6 Å². The van der Waals surface area contributed by atoms with Crippen molar-refractivity contribution < 1.29 is 14.7 Å². The monoisotopic (exact) mass is 285 g/mol. The Labute approximate surface area is 116 Å². The van der Waals surface area contributed by atoms with Crippen LogP contribution in [0.15, 0.2) is 17.5 Å². The highest BCUT2D eigenvalue weighted by Gasteiger charge is 2.14. The first-order valence-corrected chi connectivity index (χ1v) is 6.90. The maximum absolute atomic E-state index is 11.7. The average Bonchev–Trinajstić information content (AvgIpc) is 2.89. The molecule has 0 radical (unpaired) electrons. The van der Waals surface area contributed by atoms with Crippen LogP contribution in [0.5, 0.6) is 0 Å². The number of aliphatic hydroxyl groups excluding tert-OH is 1. The Bertz CT molecular complexity index is 406. The fourth-order valence-electron chi connectivity index (χ4n) is 1.47. The van der Waals surface area contributed by atoms with E-state index < -0.39 is 0 Å². The smallest absolute Gasteiger partial charge is 0.279 e. The number of carbonyl (C=O) groups excluding carboxylic acids is 2. The van der Waals surface area contributed by atoms with E-state index in [0.29, 0.717) is 11.4 Å². The molecule has 0 atom stereocenters. The molecule has 0 aliphatic heterocycles. The van der Waals surface area contributed by atoms with Crippen LogP contribution in [0.3, 0.4) is 0 Å². The van der Waals surface area contributed by atoms with Gasteiger partial charge < -0.3 is 5.11 Å². The van der Waals surface area contributed by atoms with Crippen LogP contribution in [0.25, 0.3) is 0 Å². The van der Waals surface area contributed by atoms with Crippen molar-refractivity contribution in [1.29, 1.82) is 0 Å². The Morgan fingerprint density at radius 1 is 1.42 bits per heavy atom. The van der Waals surface area contributed by atoms with Crippen LogP contribution < -0.4 is 10.9 Å². The number of thiophene rings is 1. The standard InChI is InChI=1S/C12H19N3O3S/c1-9(2)15(5-6-16)8-11(17)13-14-12(18)10-4-3-7-19-10/h3-4,7,9,16H,5-6,8H2,1-2H3,(H,13,17)(H,14,18). The fourth-order valence-corrected chi connectivity index (χ4v) is 2.09. The first-order valence-electron chi connectivity index (χ1n) is 6.02. The highest BCUT2D eigenvalue weighted by molar-refractivity contribution is 7.12. The molecule has 0 aromatic carbocycles. The van der Waals surface area contributed by atoms with Gasteiger partial charge >= 0.3 is 0 Å². The van der Waals surface area contributed by atoms with E-state index in [9.17, 15) is 9.59 Å². The quantitative estimate of drug-likeness (QED) is 0.653. The number of hydrogen-bond donors (Lipinski definition) is 3. The molecular weight excluding hydrogens is 266 g/mol. The molecule has 0 saturated carbocycles. The SMILES string of the molecule is CC(C)N(CCO)CC(=O)NNC(=O)c1cccs1. The first-order chi connectivity index (χ1) is 9.04. The lowest BCUT2D eigenvalue weighted by Crippen LogP contribution is -2.48. The zero-order chi connectivity index (χ0) is 14.3. The molecule has 0 fully saturated rings. The van der Waals surface area contributed by atoms with Gasteiger partial charge in [0.15, 0.2) is 0 Å².